The summed E-state index contributed by atoms with van der Waals surface area (Å²) in [6.07, 6.45) is 0. The van der Waals surface area contributed by atoms with Crippen LogP contribution in [0, 0.1) is 6.92 Å². The van der Waals surface area contributed by atoms with E-state index in [0.717, 1.165) is 11.3 Å². The molecule has 0 saturated carbocycles. The molecule has 5 nitrogen and oxygen atoms in total. The number of aryl methyl sites for hydroxylation is 2. The van der Waals surface area contributed by atoms with Crippen LogP contribution in [0.25, 0.3) is 0 Å². The summed E-state index contributed by atoms with van der Waals surface area (Å²) >= 11 is 11.9. The second kappa shape index (κ2) is 7.13. The van der Waals surface area contributed by atoms with Crippen LogP contribution in [0.15, 0.2) is 24.3 Å². The van der Waals surface area contributed by atoms with E-state index in [2.05, 4.69) is 5.10 Å². The van der Waals surface area contributed by atoms with Crippen molar-refractivity contribution in [3.8, 4) is 0 Å². The fraction of sp³-hybridized carbons (Fsp3) is 0.333. The number of amides is 1. The molecule has 0 aliphatic heterocycles. The molecule has 0 aliphatic rings. The molecule has 118 valence electrons. The van der Waals surface area contributed by atoms with Crippen molar-refractivity contribution < 1.29 is 9.90 Å². The van der Waals surface area contributed by atoms with Crippen LogP contribution in [-0.4, -0.2) is 38.8 Å². The summed E-state index contributed by atoms with van der Waals surface area (Å²) in [5.74, 6) is -0.191. The smallest absolute Gasteiger partial charge is 0.272 e. The molecule has 1 heterocycles. The molecule has 1 aromatic carbocycles. The lowest BCUT2D eigenvalue weighted by Crippen LogP contribution is -2.34. The highest BCUT2D eigenvalue weighted by Gasteiger charge is 2.19. The number of halogens is 2. The van der Waals surface area contributed by atoms with E-state index >= 15 is 0 Å². The van der Waals surface area contributed by atoms with E-state index in [1.165, 1.54) is 4.68 Å². The number of aliphatic hydroxyl groups is 1. The molecule has 0 saturated heterocycles. The van der Waals surface area contributed by atoms with Crippen molar-refractivity contribution in [3.63, 3.8) is 0 Å². The number of nitrogens with zero attached hydrogens (tertiary/aromatic N) is 3. The Morgan fingerprint density at radius 2 is 2.05 bits per heavy atom. The summed E-state index contributed by atoms with van der Waals surface area (Å²) in [5.41, 5.74) is 2.09. The second-order valence-corrected chi connectivity index (χ2v) is 5.81. The molecule has 0 fully saturated rings. The van der Waals surface area contributed by atoms with Gasteiger partial charge in [0.25, 0.3) is 5.91 Å². The van der Waals surface area contributed by atoms with E-state index in [-0.39, 0.29) is 19.1 Å². The normalized spacial score (nSPS) is 10.8. The molecule has 1 aromatic heterocycles. The fourth-order valence-corrected chi connectivity index (χ4v) is 2.52. The highest BCUT2D eigenvalue weighted by molar-refractivity contribution is 6.42. The monoisotopic (exact) mass is 341 g/mol. The van der Waals surface area contributed by atoms with E-state index in [0.29, 0.717) is 22.3 Å². The highest BCUT2D eigenvalue weighted by Crippen LogP contribution is 2.23. The Morgan fingerprint density at radius 3 is 2.59 bits per heavy atom. The van der Waals surface area contributed by atoms with Gasteiger partial charge < -0.3 is 10.0 Å². The molecule has 2 aromatic rings. The number of aliphatic hydroxyl groups excluding tert-OH is 1. The van der Waals surface area contributed by atoms with Crippen LogP contribution >= 0.6 is 23.2 Å². The van der Waals surface area contributed by atoms with E-state index in [4.69, 9.17) is 23.2 Å². The maximum absolute atomic E-state index is 12.6. The van der Waals surface area contributed by atoms with E-state index < -0.39 is 0 Å². The molecule has 0 atom stereocenters. The van der Waals surface area contributed by atoms with Gasteiger partial charge in [-0.05, 0) is 30.7 Å². The molecule has 1 N–H and O–H groups in total. The van der Waals surface area contributed by atoms with Gasteiger partial charge in [0.15, 0.2) is 0 Å². The fourth-order valence-electron chi connectivity index (χ4n) is 2.20. The van der Waals surface area contributed by atoms with Gasteiger partial charge in [-0.2, -0.15) is 5.10 Å². The molecule has 1 amide bonds. The molecule has 7 heteroatoms. The first kappa shape index (κ1) is 16.8. The first-order chi connectivity index (χ1) is 10.4. The Kier molecular flexibility index (Phi) is 5.45. The largest absolute Gasteiger partial charge is 0.395 e. The summed E-state index contributed by atoms with van der Waals surface area (Å²) in [4.78, 5) is 14.2. The predicted octanol–water partition coefficient (Wildman–Crippen LogP) is 2.67. The molecule has 2 rings (SSSR count). The van der Waals surface area contributed by atoms with Crippen LogP contribution in [0.1, 0.15) is 21.7 Å². The Labute approximate surface area is 139 Å². The molecular formula is C15H17Cl2N3O2. The van der Waals surface area contributed by atoms with Crippen LogP contribution in [0.4, 0.5) is 0 Å². The SMILES string of the molecule is Cc1cc(C(=O)N(CCO)Cc2ccc(Cl)c(Cl)c2)n(C)n1. The summed E-state index contributed by atoms with van der Waals surface area (Å²) in [7, 11) is 1.72. The first-order valence-electron chi connectivity index (χ1n) is 6.77. The maximum atomic E-state index is 12.6. The van der Waals surface area contributed by atoms with Crippen LogP contribution in [0.3, 0.4) is 0 Å². The summed E-state index contributed by atoms with van der Waals surface area (Å²) in [6, 6.07) is 6.94. The van der Waals surface area contributed by atoms with Gasteiger partial charge in [-0.1, -0.05) is 29.3 Å². The van der Waals surface area contributed by atoms with E-state index in [9.17, 15) is 9.90 Å². The van der Waals surface area contributed by atoms with Gasteiger partial charge in [-0.25, -0.2) is 0 Å². The molecule has 0 bridgehead atoms. The topological polar surface area (TPSA) is 58.4 Å². The lowest BCUT2D eigenvalue weighted by Gasteiger charge is -2.22. The summed E-state index contributed by atoms with van der Waals surface area (Å²) in [6.45, 7) is 2.26. The van der Waals surface area contributed by atoms with Gasteiger partial charge in [0.05, 0.1) is 22.3 Å². The van der Waals surface area contributed by atoms with Crippen LogP contribution in [-0.2, 0) is 13.6 Å². The third-order valence-electron chi connectivity index (χ3n) is 3.24. The lowest BCUT2D eigenvalue weighted by atomic mass is 10.2. The number of benzene rings is 1. The third kappa shape index (κ3) is 3.80. The number of aromatic nitrogens is 2. The number of hydrogen-bond donors (Lipinski definition) is 1. The van der Waals surface area contributed by atoms with Crippen molar-refractivity contribution in [3.05, 3.63) is 51.3 Å². The highest BCUT2D eigenvalue weighted by atomic mass is 35.5. The Hall–Kier alpha value is -1.56. The molecule has 0 unspecified atom stereocenters. The Morgan fingerprint density at radius 1 is 1.32 bits per heavy atom. The first-order valence-corrected chi connectivity index (χ1v) is 7.52. The van der Waals surface area contributed by atoms with Crippen molar-refractivity contribution in [1.82, 2.24) is 14.7 Å². The zero-order valence-electron chi connectivity index (χ0n) is 12.4. The molecule has 0 spiro atoms. The zero-order chi connectivity index (χ0) is 16.3. The average Bonchev–Trinajstić information content (AvgIpc) is 2.80. The second-order valence-electron chi connectivity index (χ2n) is 4.99. The standard InChI is InChI=1S/C15H17Cl2N3O2/c1-10-7-14(19(2)18-10)15(22)20(5-6-21)9-11-3-4-12(16)13(17)8-11/h3-4,7-8,21H,5-6,9H2,1-2H3. The average molecular weight is 342 g/mol. The summed E-state index contributed by atoms with van der Waals surface area (Å²) < 4.78 is 1.54. The van der Waals surface area contributed by atoms with Crippen molar-refractivity contribution >= 4 is 29.1 Å². The van der Waals surface area contributed by atoms with E-state index in [1.54, 1.807) is 36.2 Å². The van der Waals surface area contributed by atoms with Gasteiger partial charge >= 0.3 is 0 Å². The molecule has 0 aliphatic carbocycles. The van der Waals surface area contributed by atoms with Crippen LogP contribution in [0.5, 0.6) is 0 Å². The van der Waals surface area contributed by atoms with Crippen molar-refractivity contribution in [2.45, 2.75) is 13.5 Å². The Balaban J connectivity index is 2.23. The van der Waals surface area contributed by atoms with Gasteiger partial charge in [-0.3, -0.25) is 9.48 Å². The minimum Gasteiger partial charge on any atom is -0.395 e. The minimum absolute atomic E-state index is 0.121. The predicted molar refractivity (Wildman–Crippen MR) is 86.2 cm³/mol. The summed E-state index contributed by atoms with van der Waals surface area (Å²) in [5, 5.41) is 14.3. The Bertz CT molecular complexity index is 685. The number of hydrogen-bond acceptors (Lipinski definition) is 3. The van der Waals surface area contributed by atoms with Gasteiger partial charge in [0, 0.05) is 20.1 Å². The van der Waals surface area contributed by atoms with Crippen LogP contribution < -0.4 is 0 Å². The van der Waals surface area contributed by atoms with Crippen molar-refractivity contribution in [1.29, 1.82) is 0 Å². The van der Waals surface area contributed by atoms with Crippen molar-refractivity contribution in [2.24, 2.45) is 7.05 Å². The number of carbonyl (C=O) groups is 1. The minimum atomic E-state index is -0.191. The van der Waals surface area contributed by atoms with Crippen LogP contribution in [0.2, 0.25) is 10.0 Å². The van der Waals surface area contributed by atoms with E-state index in [1.807, 2.05) is 6.92 Å². The molecular weight excluding hydrogens is 325 g/mol. The lowest BCUT2D eigenvalue weighted by molar-refractivity contribution is 0.0696. The number of carbonyl (C=O) groups excluding carboxylic acids is 1. The van der Waals surface area contributed by atoms with Gasteiger partial charge in [-0.15, -0.1) is 0 Å². The van der Waals surface area contributed by atoms with Gasteiger partial charge in [0.2, 0.25) is 0 Å². The quantitative estimate of drug-likeness (QED) is 0.909. The van der Waals surface area contributed by atoms with Crippen molar-refractivity contribution in [2.75, 3.05) is 13.2 Å². The molecule has 22 heavy (non-hydrogen) atoms. The number of rotatable bonds is 5. The third-order valence-corrected chi connectivity index (χ3v) is 3.97. The maximum Gasteiger partial charge on any atom is 0.272 e. The molecule has 0 radical (unpaired) electrons. The van der Waals surface area contributed by atoms with Gasteiger partial charge in [0.1, 0.15) is 5.69 Å². The zero-order valence-corrected chi connectivity index (χ0v) is 13.9.